The van der Waals surface area contributed by atoms with Crippen LogP contribution in [0.4, 0.5) is 11.4 Å². The Bertz CT molecular complexity index is 1190. The second-order valence-corrected chi connectivity index (χ2v) is 10.2. The van der Waals surface area contributed by atoms with E-state index in [9.17, 15) is 13.2 Å². The van der Waals surface area contributed by atoms with Crippen LogP contribution in [0.25, 0.3) is 0 Å². The average molecular weight is 463 g/mol. The molecule has 2 aromatic carbocycles. The van der Waals surface area contributed by atoms with Gasteiger partial charge >= 0.3 is 0 Å². The lowest BCUT2D eigenvalue weighted by molar-refractivity contribution is 0.102. The molecule has 2 heterocycles. The van der Waals surface area contributed by atoms with Crippen LogP contribution in [-0.2, 0) is 16.4 Å². The molecule has 6 nitrogen and oxygen atoms in total. The van der Waals surface area contributed by atoms with Crippen LogP contribution in [0.3, 0.4) is 0 Å². The lowest BCUT2D eigenvalue weighted by Gasteiger charge is -2.30. The molecule has 0 spiro atoms. The highest BCUT2D eigenvalue weighted by molar-refractivity contribution is 7.94. The number of carbonyl (C=O) groups is 1. The molecule has 0 saturated heterocycles. The zero-order valence-corrected chi connectivity index (χ0v) is 18.5. The number of carbonyl (C=O) groups excluding carboxylic acids is 1. The fraction of sp³-hybridized carbons (Fsp3) is 0.190. The van der Waals surface area contributed by atoms with Crippen LogP contribution in [0.2, 0.25) is 5.02 Å². The Labute approximate surface area is 184 Å². The highest BCUT2D eigenvalue weighted by atomic mass is 35.5. The molecule has 3 aromatic rings. The number of halogens is 1. The second-order valence-electron chi connectivity index (χ2n) is 6.76. The van der Waals surface area contributed by atoms with E-state index >= 15 is 0 Å². The Balaban J connectivity index is 1.62. The summed E-state index contributed by atoms with van der Waals surface area (Å²) in [5.74, 6) is 0.0660. The van der Waals surface area contributed by atoms with Crippen LogP contribution >= 0.6 is 22.9 Å². The van der Waals surface area contributed by atoms with Gasteiger partial charge in [0.2, 0.25) is 0 Å². The van der Waals surface area contributed by atoms with Crippen molar-refractivity contribution in [3.63, 3.8) is 0 Å². The number of ether oxygens (including phenoxy) is 1. The third-order valence-electron chi connectivity index (χ3n) is 4.86. The molecule has 4 rings (SSSR count). The molecule has 156 valence electrons. The van der Waals surface area contributed by atoms with Gasteiger partial charge in [0.05, 0.1) is 18.4 Å². The number of amides is 1. The Morgan fingerprint density at radius 2 is 2.03 bits per heavy atom. The first kappa shape index (κ1) is 20.7. The van der Waals surface area contributed by atoms with E-state index < -0.39 is 10.0 Å². The fourth-order valence-corrected chi connectivity index (χ4v) is 6.28. The van der Waals surface area contributed by atoms with Gasteiger partial charge in [-0.3, -0.25) is 9.10 Å². The third kappa shape index (κ3) is 3.90. The second kappa shape index (κ2) is 8.29. The third-order valence-corrected chi connectivity index (χ3v) is 8.28. The van der Waals surface area contributed by atoms with E-state index in [2.05, 4.69) is 5.32 Å². The maximum absolute atomic E-state index is 13.0. The Kier molecular flexibility index (Phi) is 5.73. The van der Waals surface area contributed by atoms with Crippen molar-refractivity contribution in [3.05, 3.63) is 70.1 Å². The van der Waals surface area contributed by atoms with Crippen LogP contribution in [0.5, 0.6) is 5.75 Å². The lowest BCUT2D eigenvalue weighted by Crippen LogP contribution is -2.35. The zero-order chi connectivity index (χ0) is 21.3. The summed E-state index contributed by atoms with van der Waals surface area (Å²) in [5, 5.41) is 5.03. The molecule has 9 heteroatoms. The quantitative estimate of drug-likeness (QED) is 0.590. The van der Waals surface area contributed by atoms with E-state index in [1.54, 1.807) is 47.8 Å². The predicted molar refractivity (Wildman–Crippen MR) is 120 cm³/mol. The SMILES string of the molecule is COc1ccc(Cl)cc1C(=O)Nc1ccc2c(c1)CCCN2S(=O)(=O)c1cccs1. The molecule has 1 N–H and O–H groups in total. The van der Waals surface area contributed by atoms with Gasteiger partial charge in [-0.05, 0) is 66.2 Å². The molecular formula is C21H19ClN2O4S2. The van der Waals surface area contributed by atoms with Crippen molar-refractivity contribution >= 4 is 50.2 Å². The van der Waals surface area contributed by atoms with Gasteiger partial charge in [-0.2, -0.15) is 0 Å². The molecule has 1 aliphatic heterocycles. The van der Waals surface area contributed by atoms with Crippen molar-refractivity contribution in [3.8, 4) is 5.75 Å². The number of methoxy groups -OCH3 is 1. The number of rotatable bonds is 5. The highest BCUT2D eigenvalue weighted by Gasteiger charge is 2.30. The largest absolute Gasteiger partial charge is 0.496 e. The summed E-state index contributed by atoms with van der Waals surface area (Å²) in [6.45, 7) is 0.429. The topological polar surface area (TPSA) is 75.7 Å². The van der Waals surface area contributed by atoms with Gasteiger partial charge in [0, 0.05) is 17.3 Å². The number of sulfonamides is 1. The van der Waals surface area contributed by atoms with E-state index in [0.29, 0.717) is 44.9 Å². The first-order valence-electron chi connectivity index (χ1n) is 9.24. The van der Waals surface area contributed by atoms with Crippen molar-refractivity contribution in [2.24, 2.45) is 0 Å². The molecule has 1 amide bonds. The van der Waals surface area contributed by atoms with E-state index in [0.717, 1.165) is 12.0 Å². The van der Waals surface area contributed by atoms with Crippen molar-refractivity contribution in [1.82, 2.24) is 0 Å². The number of nitrogens with zero attached hydrogens (tertiary/aromatic N) is 1. The first-order chi connectivity index (χ1) is 14.4. The van der Waals surface area contributed by atoms with Crippen LogP contribution in [-0.4, -0.2) is 28.0 Å². The fourth-order valence-electron chi connectivity index (χ4n) is 3.46. The van der Waals surface area contributed by atoms with Crippen molar-refractivity contribution in [2.75, 3.05) is 23.3 Å². The molecule has 0 radical (unpaired) electrons. The van der Waals surface area contributed by atoms with Crippen LogP contribution in [0.15, 0.2) is 58.1 Å². The number of fused-ring (bicyclic) bond motifs is 1. The van der Waals surface area contributed by atoms with Gasteiger partial charge in [0.25, 0.3) is 15.9 Å². The summed E-state index contributed by atoms with van der Waals surface area (Å²) >= 11 is 7.22. The maximum Gasteiger partial charge on any atom is 0.273 e. The monoisotopic (exact) mass is 462 g/mol. The maximum atomic E-state index is 13.0. The average Bonchev–Trinajstić information content (AvgIpc) is 3.29. The van der Waals surface area contributed by atoms with E-state index in [1.165, 1.54) is 22.8 Å². The number of anilines is 2. The predicted octanol–water partition coefficient (Wildman–Crippen LogP) is 4.80. The normalized spacial score (nSPS) is 13.6. The minimum atomic E-state index is -3.59. The first-order valence-corrected chi connectivity index (χ1v) is 11.9. The number of aryl methyl sites for hydroxylation is 1. The molecule has 1 aromatic heterocycles. The smallest absolute Gasteiger partial charge is 0.273 e. The van der Waals surface area contributed by atoms with Gasteiger partial charge in [-0.25, -0.2) is 8.42 Å². The summed E-state index contributed by atoms with van der Waals surface area (Å²) in [6.07, 6.45) is 1.44. The summed E-state index contributed by atoms with van der Waals surface area (Å²) in [4.78, 5) is 12.7. The van der Waals surface area contributed by atoms with Gasteiger partial charge in [-0.15, -0.1) is 11.3 Å². The van der Waals surface area contributed by atoms with Crippen molar-refractivity contribution in [2.45, 2.75) is 17.1 Å². The Hall–Kier alpha value is -2.55. The molecule has 0 atom stereocenters. The highest BCUT2D eigenvalue weighted by Crippen LogP contribution is 2.35. The van der Waals surface area contributed by atoms with Crippen molar-refractivity contribution < 1.29 is 17.9 Å². The van der Waals surface area contributed by atoms with Crippen LogP contribution in [0.1, 0.15) is 22.3 Å². The minimum Gasteiger partial charge on any atom is -0.496 e. The standard InChI is InChI=1S/C21H19ClN2O4S2/c1-28-19-9-6-15(22)13-17(19)21(25)23-16-7-8-18-14(12-16)4-2-10-24(18)30(26,27)20-5-3-11-29-20/h3,5-9,11-13H,2,4,10H2,1H3,(H,23,25). The Morgan fingerprint density at radius 1 is 1.20 bits per heavy atom. The van der Waals surface area contributed by atoms with E-state index in [4.69, 9.17) is 16.3 Å². The van der Waals surface area contributed by atoms with E-state index in [1.807, 2.05) is 6.07 Å². The van der Waals surface area contributed by atoms with Gasteiger partial charge in [0.15, 0.2) is 0 Å². The number of hydrogen-bond acceptors (Lipinski definition) is 5. The number of nitrogens with one attached hydrogen (secondary N) is 1. The Morgan fingerprint density at radius 3 is 2.77 bits per heavy atom. The van der Waals surface area contributed by atoms with Gasteiger partial charge in [0.1, 0.15) is 9.96 Å². The molecule has 0 unspecified atom stereocenters. The molecule has 0 saturated carbocycles. The van der Waals surface area contributed by atoms with Crippen LogP contribution in [0, 0.1) is 0 Å². The summed E-state index contributed by atoms with van der Waals surface area (Å²) < 4.78 is 33.0. The number of hydrogen-bond donors (Lipinski definition) is 1. The van der Waals surface area contributed by atoms with Gasteiger partial charge in [-0.1, -0.05) is 17.7 Å². The summed E-state index contributed by atoms with van der Waals surface area (Å²) in [7, 11) is -2.10. The number of benzene rings is 2. The lowest BCUT2D eigenvalue weighted by atomic mass is 10.0. The molecule has 30 heavy (non-hydrogen) atoms. The minimum absolute atomic E-state index is 0.320. The molecule has 1 aliphatic rings. The summed E-state index contributed by atoms with van der Waals surface area (Å²) in [5.41, 5.74) is 2.42. The molecular weight excluding hydrogens is 444 g/mol. The van der Waals surface area contributed by atoms with Gasteiger partial charge < -0.3 is 10.1 Å². The van der Waals surface area contributed by atoms with Crippen molar-refractivity contribution in [1.29, 1.82) is 0 Å². The molecule has 0 aliphatic carbocycles. The van der Waals surface area contributed by atoms with E-state index in [-0.39, 0.29) is 5.91 Å². The molecule has 0 fully saturated rings. The summed E-state index contributed by atoms with van der Waals surface area (Å²) in [6, 6.07) is 13.4. The zero-order valence-electron chi connectivity index (χ0n) is 16.1. The number of thiophene rings is 1. The van der Waals surface area contributed by atoms with Crippen LogP contribution < -0.4 is 14.4 Å². The molecule has 0 bridgehead atoms.